The molecule has 20 heavy (non-hydrogen) atoms. The zero-order valence-electron chi connectivity index (χ0n) is 12.3. The van der Waals surface area contributed by atoms with Crippen molar-refractivity contribution in [3.63, 3.8) is 0 Å². The van der Waals surface area contributed by atoms with E-state index < -0.39 is 6.04 Å². The number of aryl methyl sites for hydroxylation is 2. The lowest BCUT2D eigenvalue weighted by Crippen LogP contribution is -2.48. The maximum absolute atomic E-state index is 12.7. The molecule has 0 radical (unpaired) electrons. The van der Waals surface area contributed by atoms with Crippen molar-refractivity contribution in [2.75, 3.05) is 13.7 Å². The molecule has 0 N–H and O–H groups in total. The molecule has 6 nitrogen and oxygen atoms in total. The molecule has 1 aromatic rings. The second kappa shape index (κ2) is 6.07. The minimum Gasteiger partial charge on any atom is -0.467 e. The summed E-state index contributed by atoms with van der Waals surface area (Å²) in [4.78, 5) is 26.2. The fourth-order valence-electron chi connectivity index (χ4n) is 2.68. The van der Waals surface area contributed by atoms with Crippen LogP contribution in [-0.4, -0.2) is 46.3 Å². The molecule has 1 aliphatic heterocycles. The molecule has 1 atom stereocenters. The zero-order chi connectivity index (χ0) is 14.7. The number of carbonyl (C=O) groups is 2. The fraction of sp³-hybridized carbons (Fsp3) is 0.643. The van der Waals surface area contributed by atoms with E-state index in [1.165, 1.54) is 7.11 Å². The highest BCUT2D eigenvalue weighted by molar-refractivity contribution is 5.97. The lowest BCUT2D eigenvalue weighted by molar-refractivity contribution is -0.147. The third-order valence-corrected chi connectivity index (χ3v) is 3.71. The van der Waals surface area contributed by atoms with Crippen LogP contribution in [0.15, 0.2) is 6.20 Å². The quantitative estimate of drug-likeness (QED) is 0.779. The molecule has 1 amide bonds. The van der Waals surface area contributed by atoms with Crippen LogP contribution in [0.1, 0.15) is 42.2 Å². The molecule has 1 saturated heterocycles. The number of carbonyl (C=O) groups excluding carboxylic acids is 2. The molecule has 0 aromatic carbocycles. The normalized spacial score (nSPS) is 18.9. The summed E-state index contributed by atoms with van der Waals surface area (Å²) in [5.74, 6) is -0.454. The van der Waals surface area contributed by atoms with Crippen molar-refractivity contribution in [2.24, 2.45) is 7.05 Å². The first kappa shape index (κ1) is 14.6. The topological polar surface area (TPSA) is 64.4 Å². The first-order valence-electron chi connectivity index (χ1n) is 6.99. The standard InChI is InChI=1S/C14H21N3O3/c1-4-11-10(9-16(2)15-11)13(18)17-8-6-5-7-12(17)14(19)20-3/h9,12H,4-8H2,1-3H3. The van der Waals surface area contributed by atoms with Gasteiger partial charge in [0.15, 0.2) is 0 Å². The number of hydrogen-bond acceptors (Lipinski definition) is 4. The van der Waals surface area contributed by atoms with Crippen LogP contribution in [0.3, 0.4) is 0 Å². The molecule has 0 saturated carbocycles. The summed E-state index contributed by atoms with van der Waals surface area (Å²) in [6.07, 6.45) is 4.95. The Morgan fingerprint density at radius 1 is 1.45 bits per heavy atom. The van der Waals surface area contributed by atoms with Crippen molar-refractivity contribution in [3.8, 4) is 0 Å². The molecule has 110 valence electrons. The van der Waals surface area contributed by atoms with E-state index in [1.807, 2.05) is 6.92 Å². The molecule has 6 heteroatoms. The monoisotopic (exact) mass is 279 g/mol. The van der Waals surface area contributed by atoms with Gasteiger partial charge < -0.3 is 9.64 Å². The van der Waals surface area contributed by atoms with E-state index >= 15 is 0 Å². The van der Waals surface area contributed by atoms with Gasteiger partial charge in [-0.2, -0.15) is 5.10 Å². The van der Waals surface area contributed by atoms with Crippen LogP contribution in [0.25, 0.3) is 0 Å². The molecular weight excluding hydrogens is 258 g/mol. The lowest BCUT2D eigenvalue weighted by atomic mass is 10.0. The highest BCUT2D eigenvalue weighted by atomic mass is 16.5. The summed E-state index contributed by atoms with van der Waals surface area (Å²) in [5.41, 5.74) is 1.36. The Bertz CT molecular complexity index is 510. The first-order chi connectivity index (χ1) is 9.58. The molecule has 1 aliphatic rings. The van der Waals surface area contributed by atoms with Gasteiger partial charge in [-0.3, -0.25) is 9.48 Å². The Morgan fingerprint density at radius 3 is 2.85 bits per heavy atom. The first-order valence-corrected chi connectivity index (χ1v) is 6.99. The van der Waals surface area contributed by atoms with Gasteiger partial charge in [0.2, 0.25) is 0 Å². The van der Waals surface area contributed by atoms with Gasteiger partial charge >= 0.3 is 5.97 Å². The highest BCUT2D eigenvalue weighted by Gasteiger charge is 2.34. The van der Waals surface area contributed by atoms with E-state index in [4.69, 9.17) is 4.74 Å². The van der Waals surface area contributed by atoms with Crippen LogP contribution < -0.4 is 0 Å². The Morgan fingerprint density at radius 2 is 2.20 bits per heavy atom. The molecule has 0 aliphatic carbocycles. The molecule has 0 bridgehead atoms. The van der Waals surface area contributed by atoms with Gasteiger partial charge in [-0.15, -0.1) is 0 Å². The van der Waals surface area contributed by atoms with Crippen molar-refractivity contribution in [2.45, 2.75) is 38.6 Å². The molecular formula is C14H21N3O3. The van der Waals surface area contributed by atoms with E-state index in [0.29, 0.717) is 24.9 Å². The summed E-state index contributed by atoms with van der Waals surface area (Å²) in [7, 11) is 3.16. The predicted octanol–water partition coefficient (Wildman–Crippen LogP) is 1.15. The van der Waals surface area contributed by atoms with Crippen molar-refractivity contribution in [1.82, 2.24) is 14.7 Å². The van der Waals surface area contributed by atoms with Gasteiger partial charge in [0.05, 0.1) is 18.4 Å². The number of piperidine rings is 1. The minimum atomic E-state index is -0.467. The number of ether oxygens (including phenoxy) is 1. The number of aromatic nitrogens is 2. The summed E-state index contributed by atoms with van der Waals surface area (Å²) < 4.78 is 6.46. The molecule has 2 rings (SSSR count). The molecule has 1 fully saturated rings. The molecule has 1 unspecified atom stereocenters. The molecule has 1 aromatic heterocycles. The molecule has 2 heterocycles. The number of likely N-dealkylation sites (tertiary alicyclic amines) is 1. The average Bonchev–Trinajstić information content (AvgIpc) is 2.86. The third kappa shape index (κ3) is 2.69. The highest BCUT2D eigenvalue weighted by Crippen LogP contribution is 2.22. The fourth-order valence-corrected chi connectivity index (χ4v) is 2.68. The third-order valence-electron chi connectivity index (χ3n) is 3.71. The second-order valence-electron chi connectivity index (χ2n) is 5.05. The Balaban J connectivity index is 2.27. The van der Waals surface area contributed by atoms with Crippen molar-refractivity contribution >= 4 is 11.9 Å². The number of methoxy groups -OCH3 is 1. The van der Waals surface area contributed by atoms with E-state index in [0.717, 1.165) is 18.5 Å². The molecule has 0 spiro atoms. The lowest BCUT2D eigenvalue weighted by Gasteiger charge is -2.33. The number of rotatable bonds is 3. The van der Waals surface area contributed by atoms with Gasteiger partial charge in [-0.25, -0.2) is 4.79 Å². The Hall–Kier alpha value is -1.85. The van der Waals surface area contributed by atoms with E-state index in [-0.39, 0.29) is 11.9 Å². The number of esters is 1. The van der Waals surface area contributed by atoms with E-state index in [2.05, 4.69) is 5.10 Å². The van der Waals surface area contributed by atoms with Crippen LogP contribution in [0.5, 0.6) is 0 Å². The van der Waals surface area contributed by atoms with Gasteiger partial charge in [0, 0.05) is 19.8 Å². The number of hydrogen-bond donors (Lipinski definition) is 0. The Labute approximate surface area is 118 Å². The van der Waals surface area contributed by atoms with Crippen LogP contribution in [0, 0.1) is 0 Å². The Kier molecular flexibility index (Phi) is 4.42. The van der Waals surface area contributed by atoms with Crippen LogP contribution >= 0.6 is 0 Å². The smallest absolute Gasteiger partial charge is 0.328 e. The van der Waals surface area contributed by atoms with Gasteiger partial charge in [-0.05, 0) is 25.7 Å². The summed E-state index contributed by atoms with van der Waals surface area (Å²) >= 11 is 0. The van der Waals surface area contributed by atoms with Gasteiger partial charge in [-0.1, -0.05) is 6.92 Å². The SMILES string of the molecule is CCc1nn(C)cc1C(=O)N1CCCCC1C(=O)OC. The van der Waals surface area contributed by atoms with Crippen molar-refractivity contribution in [3.05, 3.63) is 17.5 Å². The second-order valence-corrected chi connectivity index (χ2v) is 5.05. The maximum Gasteiger partial charge on any atom is 0.328 e. The van der Waals surface area contributed by atoms with E-state index in [1.54, 1.807) is 22.8 Å². The zero-order valence-corrected chi connectivity index (χ0v) is 12.3. The van der Waals surface area contributed by atoms with Crippen molar-refractivity contribution in [1.29, 1.82) is 0 Å². The maximum atomic E-state index is 12.7. The minimum absolute atomic E-state index is 0.120. The van der Waals surface area contributed by atoms with Crippen molar-refractivity contribution < 1.29 is 14.3 Å². The van der Waals surface area contributed by atoms with Crippen LogP contribution in [-0.2, 0) is 23.0 Å². The average molecular weight is 279 g/mol. The number of nitrogens with zero attached hydrogens (tertiary/aromatic N) is 3. The van der Waals surface area contributed by atoms with E-state index in [9.17, 15) is 9.59 Å². The summed E-state index contributed by atoms with van der Waals surface area (Å²) in [6, 6.07) is -0.467. The van der Waals surface area contributed by atoms with Crippen LogP contribution in [0.4, 0.5) is 0 Å². The van der Waals surface area contributed by atoms with Gasteiger partial charge in [0.1, 0.15) is 6.04 Å². The van der Waals surface area contributed by atoms with Crippen LogP contribution in [0.2, 0.25) is 0 Å². The largest absolute Gasteiger partial charge is 0.467 e. The van der Waals surface area contributed by atoms with Gasteiger partial charge in [0.25, 0.3) is 5.91 Å². The number of amides is 1. The summed E-state index contributed by atoms with van der Waals surface area (Å²) in [6.45, 7) is 2.56. The predicted molar refractivity (Wildman–Crippen MR) is 73.3 cm³/mol. The summed E-state index contributed by atoms with van der Waals surface area (Å²) in [5, 5.41) is 4.29.